The van der Waals surface area contributed by atoms with Gasteiger partial charge in [0.25, 0.3) is 0 Å². The summed E-state index contributed by atoms with van der Waals surface area (Å²) in [6.45, 7) is 3.95. The first kappa shape index (κ1) is 16.5. The number of carbonyl (C=O) groups is 1. The van der Waals surface area contributed by atoms with Gasteiger partial charge < -0.3 is 10.1 Å². The fourth-order valence-electron chi connectivity index (χ4n) is 3.20. The third kappa shape index (κ3) is 3.95. The molecule has 0 aliphatic carbocycles. The standard InChI is InChI=1S/C20H24N2O2/c1-2-15-14-21-13-12-19(15)24-20(23)22-18-11-7-6-10-17(18)16-8-4-3-5-9-16/h3-11,15,19,21H,2,12-14H2,1H3,(H,22,23). The second-order valence-electron chi connectivity index (χ2n) is 6.14. The second-order valence-corrected chi connectivity index (χ2v) is 6.14. The van der Waals surface area contributed by atoms with Crippen LogP contribution in [-0.4, -0.2) is 25.3 Å². The zero-order valence-corrected chi connectivity index (χ0v) is 14.0. The molecule has 2 aromatic rings. The maximum atomic E-state index is 12.4. The number of piperidine rings is 1. The number of hydrogen-bond donors (Lipinski definition) is 2. The summed E-state index contributed by atoms with van der Waals surface area (Å²) in [6, 6.07) is 17.8. The number of hydrogen-bond acceptors (Lipinski definition) is 3. The van der Waals surface area contributed by atoms with Gasteiger partial charge in [0.15, 0.2) is 0 Å². The van der Waals surface area contributed by atoms with Gasteiger partial charge in [0.1, 0.15) is 6.10 Å². The van der Waals surface area contributed by atoms with Crippen molar-refractivity contribution in [2.24, 2.45) is 5.92 Å². The summed E-state index contributed by atoms with van der Waals surface area (Å²) < 4.78 is 5.70. The Balaban J connectivity index is 1.71. The highest BCUT2D eigenvalue weighted by molar-refractivity contribution is 5.91. The zero-order valence-electron chi connectivity index (χ0n) is 14.0. The molecule has 2 aromatic carbocycles. The van der Waals surface area contributed by atoms with Gasteiger partial charge in [0, 0.05) is 18.0 Å². The normalized spacial score (nSPS) is 20.4. The van der Waals surface area contributed by atoms with Gasteiger partial charge in [-0.05, 0) is 31.0 Å². The summed E-state index contributed by atoms with van der Waals surface area (Å²) in [5.41, 5.74) is 2.84. The molecule has 0 saturated carbocycles. The molecule has 1 amide bonds. The maximum Gasteiger partial charge on any atom is 0.411 e. The predicted octanol–water partition coefficient (Wildman–Crippen LogP) is 4.29. The van der Waals surface area contributed by atoms with E-state index in [4.69, 9.17) is 4.74 Å². The van der Waals surface area contributed by atoms with Gasteiger partial charge in [-0.2, -0.15) is 0 Å². The molecule has 4 heteroatoms. The number of anilines is 1. The molecular formula is C20H24N2O2. The SMILES string of the molecule is CCC1CNCCC1OC(=O)Nc1ccccc1-c1ccccc1. The lowest BCUT2D eigenvalue weighted by atomic mass is 9.94. The van der Waals surface area contributed by atoms with Crippen LogP contribution in [0, 0.1) is 5.92 Å². The quantitative estimate of drug-likeness (QED) is 0.882. The first-order valence-corrected chi connectivity index (χ1v) is 8.60. The van der Waals surface area contributed by atoms with Crippen molar-refractivity contribution in [3.63, 3.8) is 0 Å². The van der Waals surface area contributed by atoms with Crippen LogP contribution in [0.5, 0.6) is 0 Å². The molecule has 0 aromatic heterocycles. The van der Waals surface area contributed by atoms with Gasteiger partial charge in [0.05, 0.1) is 5.69 Å². The molecule has 1 saturated heterocycles. The number of benzene rings is 2. The second kappa shape index (κ2) is 7.97. The van der Waals surface area contributed by atoms with Gasteiger partial charge in [-0.25, -0.2) is 4.79 Å². The molecule has 1 heterocycles. The van der Waals surface area contributed by atoms with Crippen LogP contribution in [0.3, 0.4) is 0 Å². The molecule has 1 aliphatic rings. The van der Waals surface area contributed by atoms with Crippen molar-refractivity contribution in [2.45, 2.75) is 25.9 Å². The Bertz CT molecular complexity index is 672. The fourth-order valence-corrected chi connectivity index (χ4v) is 3.20. The molecule has 3 rings (SSSR count). The Hall–Kier alpha value is -2.33. The maximum absolute atomic E-state index is 12.4. The van der Waals surface area contributed by atoms with Crippen LogP contribution in [0.2, 0.25) is 0 Å². The Kier molecular flexibility index (Phi) is 5.49. The monoisotopic (exact) mass is 324 g/mol. The minimum absolute atomic E-state index is 0.0138. The largest absolute Gasteiger partial charge is 0.446 e. The molecule has 126 valence electrons. The van der Waals surface area contributed by atoms with Crippen molar-refractivity contribution in [2.75, 3.05) is 18.4 Å². The lowest BCUT2D eigenvalue weighted by molar-refractivity contribution is 0.0511. The minimum Gasteiger partial charge on any atom is -0.446 e. The van der Waals surface area contributed by atoms with E-state index in [1.165, 1.54) is 0 Å². The van der Waals surface area contributed by atoms with E-state index >= 15 is 0 Å². The number of rotatable bonds is 4. The first-order valence-electron chi connectivity index (χ1n) is 8.60. The number of nitrogens with one attached hydrogen (secondary N) is 2. The van der Waals surface area contributed by atoms with E-state index in [2.05, 4.69) is 17.6 Å². The van der Waals surface area contributed by atoms with Crippen LogP contribution in [0.15, 0.2) is 54.6 Å². The predicted molar refractivity (Wildman–Crippen MR) is 97.0 cm³/mol. The van der Waals surface area contributed by atoms with Crippen LogP contribution >= 0.6 is 0 Å². The molecule has 0 radical (unpaired) electrons. The molecule has 2 unspecified atom stereocenters. The molecule has 0 bridgehead atoms. The lowest BCUT2D eigenvalue weighted by Crippen LogP contribution is -2.42. The van der Waals surface area contributed by atoms with E-state index in [1.807, 2.05) is 54.6 Å². The summed E-state index contributed by atoms with van der Waals surface area (Å²) in [5.74, 6) is 0.383. The summed E-state index contributed by atoms with van der Waals surface area (Å²) in [4.78, 5) is 12.4. The Morgan fingerprint density at radius 3 is 2.71 bits per heavy atom. The molecule has 1 fully saturated rings. The number of amides is 1. The molecule has 1 aliphatic heterocycles. The highest BCUT2D eigenvalue weighted by atomic mass is 16.6. The van der Waals surface area contributed by atoms with Crippen LogP contribution in [-0.2, 0) is 4.74 Å². The van der Waals surface area contributed by atoms with Gasteiger partial charge in [-0.15, -0.1) is 0 Å². The van der Waals surface area contributed by atoms with Gasteiger partial charge in [0.2, 0.25) is 0 Å². The first-order chi connectivity index (χ1) is 11.8. The summed E-state index contributed by atoms with van der Waals surface area (Å²) in [7, 11) is 0. The van der Waals surface area contributed by atoms with Crippen LogP contribution in [0.25, 0.3) is 11.1 Å². The van der Waals surface area contributed by atoms with E-state index in [9.17, 15) is 4.79 Å². The average Bonchev–Trinajstić information content (AvgIpc) is 2.63. The lowest BCUT2D eigenvalue weighted by Gasteiger charge is -2.31. The number of ether oxygens (including phenoxy) is 1. The van der Waals surface area contributed by atoms with Gasteiger partial charge in [-0.1, -0.05) is 55.5 Å². The smallest absolute Gasteiger partial charge is 0.411 e. The van der Waals surface area contributed by atoms with Crippen molar-refractivity contribution < 1.29 is 9.53 Å². The van der Waals surface area contributed by atoms with Crippen molar-refractivity contribution in [3.05, 3.63) is 54.6 Å². The number of para-hydroxylation sites is 1. The highest BCUT2D eigenvalue weighted by Crippen LogP contribution is 2.28. The molecule has 24 heavy (non-hydrogen) atoms. The zero-order chi connectivity index (χ0) is 16.8. The average molecular weight is 324 g/mol. The topological polar surface area (TPSA) is 50.4 Å². The molecule has 2 N–H and O–H groups in total. The Morgan fingerprint density at radius 1 is 1.17 bits per heavy atom. The van der Waals surface area contributed by atoms with Crippen molar-refractivity contribution in [1.29, 1.82) is 0 Å². The van der Waals surface area contributed by atoms with Gasteiger partial charge in [-0.3, -0.25) is 5.32 Å². The van der Waals surface area contributed by atoms with Crippen LogP contribution < -0.4 is 10.6 Å². The summed E-state index contributed by atoms with van der Waals surface area (Å²) >= 11 is 0. The third-order valence-electron chi connectivity index (χ3n) is 4.57. The van der Waals surface area contributed by atoms with E-state index < -0.39 is 0 Å². The number of carbonyl (C=O) groups excluding carboxylic acids is 1. The van der Waals surface area contributed by atoms with Crippen LogP contribution in [0.4, 0.5) is 10.5 Å². The van der Waals surface area contributed by atoms with Crippen LogP contribution in [0.1, 0.15) is 19.8 Å². The molecular weight excluding hydrogens is 300 g/mol. The van der Waals surface area contributed by atoms with Gasteiger partial charge >= 0.3 is 6.09 Å². The fraction of sp³-hybridized carbons (Fsp3) is 0.350. The summed E-state index contributed by atoms with van der Waals surface area (Å²) in [5, 5.41) is 6.28. The summed E-state index contributed by atoms with van der Waals surface area (Å²) in [6.07, 6.45) is 1.49. The Labute approximate surface area is 143 Å². The van der Waals surface area contributed by atoms with E-state index in [0.717, 1.165) is 42.7 Å². The van der Waals surface area contributed by atoms with E-state index in [1.54, 1.807) is 0 Å². The molecule has 2 atom stereocenters. The Morgan fingerprint density at radius 2 is 1.92 bits per heavy atom. The van der Waals surface area contributed by atoms with E-state index in [0.29, 0.717) is 5.92 Å². The minimum atomic E-state index is -0.372. The highest BCUT2D eigenvalue weighted by Gasteiger charge is 2.27. The van der Waals surface area contributed by atoms with E-state index in [-0.39, 0.29) is 12.2 Å². The molecule has 0 spiro atoms. The third-order valence-corrected chi connectivity index (χ3v) is 4.57. The van der Waals surface area contributed by atoms with Crippen molar-refractivity contribution in [1.82, 2.24) is 5.32 Å². The van der Waals surface area contributed by atoms with Crippen molar-refractivity contribution >= 4 is 11.8 Å². The molecule has 4 nitrogen and oxygen atoms in total. The van der Waals surface area contributed by atoms with Crippen molar-refractivity contribution in [3.8, 4) is 11.1 Å².